The van der Waals surface area contributed by atoms with E-state index in [4.69, 9.17) is 4.74 Å². The van der Waals surface area contributed by atoms with Crippen molar-refractivity contribution in [1.82, 2.24) is 19.6 Å². The van der Waals surface area contributed by atoms with Crippen LogP contribution in [0.3, 0.4) is 0 Å². The summed E-state index contributed by atoms with van der Waals surface area (Å²) in [6, 6.07) is 5.62. The first-order valence-electron chi connectivity index (χ1n) is 7.42. The zero-order valence-corrected chi connectivity index (χ0v) is 13.3. The second-order valence-corrected chi connectivity index (χ2v) is 6.54. The summed E-state index contributed by atoms with van der Waals surface area (Å²) in [6.07, 6.45) is 4.01. The molecule has 0 radical (unpaired) electrons. The van der Waals surface area contributed by atoms with Crippen LogP contribution < -0.4 is 5.32 Å². The van der Waals surface area contributed by atoms with E-state index in [0.29, 0.717) is 16.6 Å². The molecule has 1 saturated heterocycles. The molecule has 4 rings (SSSR count). The highest BCUT2D eigenvalue weighted by Gasteiger charge is 2.21. The number of anilines is 1. The van der Waals surface area contributed by atoms with E-state index < -0.39 is 0 Å². The number of hydrogen-bond acceptors (Lipinski definition) is 6. The van der Waals surface area contributed by atoms with Crippen molar-refractivity contribution in [1.29, 1.82) is 0 Å². The van der Waals surface area contributed by atoms with Gasteiger partial charge in [0.2, 0.25) is 5.95 Å². The first-order chi connectivity index (χ1) is 11.2. The molecule has 1 aliphatic heterocycles. The van der Waals surface area contributed by atoms with Crippen molar-refractivity contribution >= 4 is 29.0 Å². The number of hydrogen-bond donors (Lipinski definition) is 1. The van der Waals surface area contributed by atoms with Crippen LogP contribution in [-0.4, -0.2) is 32.1 Å². The molecule has 0 aromatic carbocycles. The lowest BCUT2D eigenvalue weighted by Crippen LogP contribution is -2.12. The van der Waals surface area contributed by atoms with Crippen LogP contribution in [-0.2, 0) is 4.74 Å². The van der Waals surface area contributed by atoms with Crippen LogP contribution in [0, 0.1) is 6.92 Å². The Bertz CT molecular complexity index is 866. The molecular formula is C15H15N5O2S. The van der Waals surface area contributed by atoms with Crippen LogP contribution in [0.2, 0.25) is 0 Å². The Hall–Kier alpha value is -2.32. The van der Waals surface area contributed by atoms with E-state index in [2.05, 4.69) is 20.5 Å². The SMILES string of the molecule is Cc1ccn2c(NC(=O)c3ccc(C4CCCO4)s3)nnc2n1. The fourth-order valence-electron chi connectivity index (χ4n) is 2.57. The van der Waals surface area contributed by atoms with Crippen LogP contribution >= 0.6 is 11.3 Å². The van der Waals surface area contributed by atoms with E-state index >= 15 is 0 Å². The first kappa shape index (κ1) is 14.3. The van der Waals surface area contributed by atoms with Gasteiger partial charge in [-0.05, 0) is 38.0 Å². The van der Waals surface area contributed by atoms with Crippen LogP contribution in [0.25, 0.3) is 5.78 Å². The van der Waals surface area contributed by atoms with E-state index in [-0.39, 0.29) is 12.0 Å². The van der Waals surface area contributed by atoms with Gasteiger partial charge in [-0.15, -0.1) is 21.5 Å². The minimum atomic E-state index is -0.200. The number of amides is 1. The number of aromatic nitrogens is 4. The molecule has 3 aromatic heterocycles. The largest absolute Gasteiger partial charge is 0.373 e. The second kappa shape index (κ2) is 5.71. The number of aryl methyl sites for hydroxylation is 1. The third kappa shape index (κ3) is 2.71. The molecule has 7 nitrogen and oxygen atoms in total. The van der Waals surface area contributed by atoms with Gasteiger partial charge in [-0.1, -0.05) is 0 Å². The van der Waals surface area contributed by atoms with E-state index in [0.717, 1.165) is 30.0 Å². The van der Waals surface area contributed by atoms with Gasteiger partial charge in [-0.25, -0.2) is 4.98 Å². The molecule has 1 aliphatic rings. The highest BCUT2D eigenvalue weighted by molar-refractivity contribution is 7.14. The van der Waals surface area contributed by atoms with Crippen molar-refractivity contribution < 1.29 is 9.53 Å². The quantitative estimate of drug-likeness (QED) is 0.799. The van der Waals surface area contributed by atoms with Crippen molar-refractivity contribution in [3.8, 4) is 0 Å². The first-order valence-corrected chi connectivity index (χ1v) is 8.23. The molecule has 1 amide bonds. The molecule has 118 valence electrons. The van der Waals surface area contributed by atoms with E-state index in [1.807, 2.05) is 25.1 Å². The number of carbonyl (C=O) groups is 1. The summed E-state index contributed by atoms with van der Waals surface area (Å²) < 4.78 is 7.30. The molecule has 1 N–H and O–H groups in total. The number of nitrogens with zero attached hydrogens (tertiary/aromatic N) is 4. The van der Waals surface area contributed by atoms with E-state index in [1.165, 1.54) is 11.3 Å². The van der Waals surface area contributed by atoms with Crippen LogP contribution in [0.15, 0.2) is 24.4 Å². The fourth-order valence-corrected chi connectivity index (χ4v) is 3.56. The van der Waals surface area contributed by atoms with Gasteiger partial charge < -0.3 is 4.74 Å². The number of carbonyl (C=O) groups excluding carboxylic acids is 1. The molecule has 0 bridgehead atoms. The minimum absolute atomic E-state index is 0.127. The topological polar surface area (TPSA) is 81.4 Å². The molecule has 1 fully saturated rings. The second-order valence-electron chi connectivity index (χ2n) is 5.42. The normalized spacial score (nSPS) is 17.7. The zero-order chi connectivity index (χ0) is 15.8. The highest BCUT2D eigenvalue weighted by Crippen LogP contribution is 2.33. The summed E-state index contributed by atoms with van der Waals surface area (Å²) >= 11 is 1.46. The summed E-state index contributed by atoms with van der Waals surface area (Å²) in [5.74, 6) is 0.630. The fraction of sp³-hybridized carbons (Fsp3) is 0.333. The van der Waals surface area contributed by atoms with Crippen molar-refractivity contribution in [3.05, 3.63) is 39.8 Å². The maximum absolute atomic E-state index is 12.4. The predicted molar refractivity (Wildman–Crippen MR) is 85.7 cm³/mol. The van der Waals surface area contributed by atoms with Gasteiger partial charge in [0.1, 0.15) is 0 Å². The van der Waals surface area contributed by atoms with E-state index in [9.17, 15) is 4.79 Å². The van der Waals surface area contributed by atoms with Gasteiger partial charge in [0.15, 0.2) is 0 Å². The van der Waals surface area contributed by atoms with Gasteiger partial charge in [-0.3, -0.25) is 14.5 Å². The summed E-state index contributed by atoms with van der Waals surface area (Å²) in [7, 11) is 0. The van der Waals surface area contributed by atoms with Gasteiger partial charge in [0.05, 0.1) is 11.0 Å². The number of nitrogens with one attached hydrogen (secondary N) is 1. The Morgan fingerprint density at radius 1 is 1.39 bits per heavy atom. The number of fused-ring (bicyclic) bond motifs is 1. The Kier molecular flexibility index (Phi) is 3.55. The molecule has 1 atom stereocenters. The van der Waals surface area contributed by atoms with Gasteiger partial charge >= 0.3 is 0 Å². The summed E-state index contributed by atoms with van der Waals surface area (Å²) in [5, 5.41) is 10.7. The summed E-state index contributed by atoms with van der Waals surface area (Å²) in [5.41, 5.74) is 0.849. The van der Waals surface area contributed by atoms with Gasteiger partial charge in [-0.2, -0.15) is 0 Å². The number of rotatable bonds is 3. The van der Waals surface area contributed by atoms with Crippen LogP contribution in [0.1, 0.15) is 39.2 Å². The minimum Gasteiger partial charge on any atom is -0.373 e. The van der Waals surface area contributed by atoms with Gasteiger partial charge in [0.25, 0.3) is 11.7 Å². The third-order valence-corrected chi connectivity index (χ3v) is 4.92. The van der Waals surface area contributed by atoms with E-state index in [1.54, 1.807) is 10.6 Å². The molecule has 3 aromatic rings. The standard InChI is InChI=1S/C15H15N5O2S/c1-9-6-7-20-14(16-9)18-19-15(20)17-13(21)12-5-4-11(23-12)10-3-2-8-22-10/h4-7,10H,2-3,8H2,1H3,(H,17,19,21). The maximum Gasteiger partial charge on any atom is 0.268 e. The predicted octanol–water partition coefficient (Wildman–Crippen LogP) is 2.60. The molecule has 23 heavy (non-hydrogen) atoms. The molecule has 1 unspecified atom stereocenters. The molecule has 8 heteroatoms. The average molecular weight is 329 g/mol. The summed E-state index contributed by atoms with van der Waals surface area (Å²) in [6.45, 7) is 2.67. The molecular weight excluding hydrogens is 314 g/mol. The highest BCUT2D eigenvalue weighted by atomic mass is 32.1. The number of ether oxygens (including phenoxy) is 1. The Balaban J connectivity index is 1.54. The Morgan fingerprint density at radius 3 is 3.13 bits per heavy atom. The monoisotopic (exact) mass is 329 g/mol. The average Bonchev–Trinajstić information content (AvgIpc) is 3.27. The Morgan fingerprint density at radius 2 is 2.30 bits per heavy atom. The summed E-state index contributed by atoms with van der Waals surface area (Å²) in [4.78, 5) is 18.4. The molecule has 0 saturated carbocycles. The number of thiophene rings is 1. The molecule has 4 heterocycles. The van der Waals surface area contributed by atoms with Crippen LogP contribution in [0.5, 0.6) is 0 Å². The Labute approximate surface area is 136 Å². The smallest absolute Gasteiger partial charge is 0.268 e. The zero-order valence-electron chi connectivity index (χ0n) is 12.5. The van der Waals surface area contributed by atoms with Crippen molar-refractivity contribution in [2.45, 2.75) is 25.9 Å². The van der Waals surface area contributed by atoms with Crippen molar-refractivity contribution in [2.75, 3.05) is 11.9 Å². The van der Waals surface area contributed by atoms with Crippen molar-refractivity contribution in [3.63, 3.8) is 0 Å². The van der Waals surface area contributed by atoms with Crippen LogP contribution in [0.4, 0.5) is 5.95 Å². The third-order valence-electron chi connectivity index (χ3n) is 3.74. The maximum atomic E-state index is 12.4. The lowest BCUT2D eigenvalue weighted by Gasteiger charge is -2.05. The lowest BCUT2D eigenvalue weighted by atomic mass is 10.2. The van der Waals surface area contributed by atoms with Crippen molar-refractivity contribution in [2.24, 2.45) is 0 Å². The molecule has 0 spiro atoms. The molecule has 0 aliphatic carbocycles. The van der Waals surface area contributed by atoms with Gasteiger partial charge in [0, 0.05) is 23.4 Å². The lowest BCUT2D eigenvalue weighted by molar-refractivity contribution is 0.102.